The van der Waals surface area contributed by atoms with Gasteiger partial charge in [-0.3, -0.25) is 4.99 Å². The lowest BCUT2D eigenvalue weighted by Gasteiger charge is -2.00. The van der Waals surface area contributed by atoms with Gasteiger partial charge in [0.2, 0.25) is 0 Å². The van der Waals surface area contributed by atoms with E-state index in [9.17, 15) is 8.78 Å². The van der Waals surface area contributed by atoms with Gasteiger partial charge in [-0.15, -0.1) is 0 Å². The SMILES string of the molecule is CC.CC.CC1=CNCC=N1.Cc1cc(F)ccc1F. The van der Waals surface area contributed by atoms with Gasteiger partial charge in [0.15, 0.2) is 0 Å². The van der Waals surface area contributed by atoms with Gasteiger partial charge in [-0.2, -0.15) is 0 Å². The Morgan fingerprint density at radius 3 is 1.95 bits per heavy atom. The van der Waals surface area contributed by atoms with E-state index < -0.39 is 5.82 Å². The molecule has 1 N–H and O–H groups in total. The van der Waals surface area contributed by atoms with Crippen molar-refractivity contribution < 1.29 is 8.78 Å². The van der Waals surface area contributed by atoms with E-state index in [0.717, 1.165) is 30.4 Å². The highest BCUT2D eigenvalue weighted by Gasteiger charge is 1.95. The van der Waals surface area contributed by atoms with Crippen LogP contribution in [0.25, 0.3) is 0 Å². The molecule has 1 aliphatic rings. The van der Waals surface area contributed by atoms with Crippen LogP contribution in [0, 0.1) is 18.6 Å². The summed E-state index contributed by atoms with van der Waals surface area (Å²) < 4.78 is 24.5. The molecule has 0 aromatic heterocycles. The molecule has 20 heavy (non-hydrogen) atoms. The first-order valence-electron chi connectivity index (χ1n) is 6.94. The Hall–Kier alpha value is -1.71. The number of aliphatic imine (C=N–C) groups is 1. The standard InChI is InChI=1S/C7H6F2.C5H8N2.2C2H6/c1-5-4-6(8)2-3-7(5)9;1-5-4-6-2-3-7-5;2*1-2/h2-4H,1H3;3-4,6H,2H2,1H3;2*1-2H3. The second kappa shape index (κ2) is 13.7. The minimum atomic E-state index is -0.395. The molecule has 4 heteroatoms. The fourth-order valence-corrected chi connectivity index (χ4v) is 1.09. The van der Waals surface area contributed by atoms with E-state index >= 15 is 0 Å². The first kappa shape index (κ1) is 20.6. The summed E-state index contributed by atoms with van der Waals surface area (Å²) in [5, 5.41) is 3.02. The van der Waals surface area contributed by atoms with Crippen molar-refractivity contribution in [3.63, 3.8) is 0 Å². The molecule has 0 saturated carbocycles. The average Bonchev–Trinajstić information content (AvgIpc) is 2.49. The third-order valence-electron chi connectivity index (χ3n) is 1.94. The Morgan fingerprint density at radius 2 is 1.65 bits per heavy atom. The van der Waals surface area contributed by atoms with Crippen LogP contribution in [0.2, 0.25) is 0 Å². The van der Waals surface area contributed by atoms with E-state index in [1.54, 1.807) is 0 Å². The molecule has 0 unspecified atom stereocenters. The largest absolute Gasteiger partial charge is 0.384 e. The van der Waals surface area contributed by atoms with Crippen LogP contribution in [0.5, 0.6) is 0 Å². The van der Waals surface area contributed by atoms with Gasteiger partial charge in [0.05, 0.1) is 5.70 Å². The van der Waals surface area contributed by atoms with E-state index in [2.05, 4.69) is 10.3 Å². The highest BCUT2D eigenvalue weighted by molar-refractivity contribution is 5.62. The number of nitrogens with zero attached hydrogens (tertiary/aromatic N) is 1. The highest BCUT2D eigenvalue weighted by Crippen LogP contribution is 2.06. The van der Waals surface area contributed by atoms with Gasteiger partial charge in [0.1, 0.15) is 11.6 Å². The Labute approximate surface area is 121 Å². The molecule has 2 nitrogen and oxygen atoms in total. The van der Waals surface area contributed by atoms with E-state index in [4.69, 9.17) is 0 Å². The summed E-state index contributed by atoms with van der Waals surface area (Å²) >= 11 is 0. The summed E-state index contributed by atoms with van der Waals surface area (Å²) in [6.45, 7) is 12.4. The molecule has 0 bridgehead atoms. The number of aryl methyl sites for hydroxylation is 1. The molecular weight excluding hydrogens is 258 g/mol. The van der Waals surface area contributed by atoms with Crippen LogP contribution in [0.4, 0.5) is 8.78 Å². The summed E-state index contributed by atoms with van der Waals surface area (Å²) in [5.74, 6) is -0.759. The summed E-state index contributed by atoms with van der Waals surface area (Å²) in [5.41, 5.74) is 1.39. The molecule has 2 rings (SSSR count). The number of rotatable bonds is 0. The lowest BCUT2D eigenvalue weighted by Crippen LogP contribution is -2.11. The summed E-state index contributed by atoms with van der Waals surface area (Å²) in [6, 6.07) is 3.38. The molecule has 0 fully saturated rings. The van der Waals surface area contributed by atoms with Crippen molar-refractivity contribution >= 4 is 6.21 Å². The van der Waals surface area contributed by atoms with Gasteiger partial charge < -0.3 is 5.32 Å². The normalized spacial score (nSPS) is 11.3. The number of hydrogen-bond acceptors (Lipinski definition) is 2. The summed E-state index contributed by atoms with van der Waals surface area (Å²) in [7, 11) is 0. The van der Waals surface area contributed by atoms with Crippen molar-refractivity contribution in [1.29, 1.82) is 0 Å². The second-order valence-electron chi connectivity index (χ2n) is 3.40. The van der Waals surface area contributed by atoms with E-state index in [1.807, 2.05) is 47.0 Å². The fourth-order valence-electron chi connectivity index (χ4n) is 1.09. The predicted octanol–water partition coefficient (Wildman–Crippen LogP) is 4.85. The molecule has 114 valence electrons. The molecule has 1 aliphatic heterocycles. The predicted molar refractivity (Wildman–Crippen MR) is 84.0 cm³/mol. The molecule has 0 aliphatic carbocycles. The van der Waals surface area contributed by atoms with Crippen molar-refractivity contribution in [2.24, 2.45) is 4.99 Å². The van der Waals surface area contributed by atoms with Crippen LogP contribution in [0.3, 0.4) is 0 Å². The Morgan fingerprint density at radius 1 is 1.05 bits per heavy atom. The zero-order valence-corrected chi connectivity index (χ0v) is 13.3. The zero-order chi connectivity index (χ0) is 16.0. The maximum atomic E-state index is 12.3. The van der Waals surface area contributed by atoms with Crippen LogP contribution in [-0.2, 0) is 0 Å². The molecule has 0 amide bonds. The first-order chi connectivity index (χ1) is 9.59. The average molecular weight is 284 g/mol. The third-order valence-corrected chi connectivity index (χ3v) is 1.94. The summed E-state index contributed by atoms with van der Waals surface area (Å²) in [6.07, 6.45) is 3.76. The molecule has 1 aromatic carbocycles. The summed E-state index contributed by atoms with van der Waals surface area (Å²) in [4.78, 5) is 4.00. The zero-order valence-electron chi connectivity index (χ0n) is 13.3. The van der Waals surface area contributed by atoms with Gasteiger partial charge >= 0.3 is 0 Å². The number of hydrogen-bond donors (Lipinski definition) is 1. The van der Waals surface area contributed by atoms with Gasteiger partial charge in [-0.05, 0) is 37.6 Å². The van der Waals surface area contributed by atoms with E-state index in [1.165, 1.54) is 6.92 Å². The molecule has 1 heterocycles. The lowest BCUT2D eigenvalue weighted by molar-refractivity contribution is 0.592. The van der Waals surface area contributed by atoms with Gasteiger partial charge in [0, 0.05) is 19.0 Å². The quantitative estimate of drug-likeness (QED) is 0.723. The molecule has 0 radical (unpaired) electrons. The fraction of sp³-hybridized carbons (Fsp3) is 0.438. The number of allylic oxidation sites excluding steroid dienone is 1. The van der Waals surface area contributed by atoms with Crippen molar-refractivity contribution in [3.05, 3.63) is 47.3 Å². The molecule has 0 saturated heterocycles. The van der Waals surface area contributed by atoms with Gasteiger partial charge in [-0.25, -0.2) is 8.78 Å². The van der Waals surface area contributed by atoms with E-state index in [-0.39, 0.29) is 5.82 Å². The van der Waals surface area contributed by atoms with E-state index in [0.29, 0.717) is 5.56 Å². The smallest absolute Gasteiger partial charge is 0.126 e. The third kappa shape index (κ3) is 10.2. The van der Waals surface area contributed by atoms with Crippen molar-refractivity contribution in [3.8, 4) is 0 Å². The van der Waals surface area contributed by atoms with Crippen LogP contribution in [0.15, 0.2) is 35.1 Å². The minimum Gasteiger partial charge on any atom is -0.384 e. The number of halogens is 2. The second-order valence-corrected chi connectivity index (χ2v) is 3.40. The van der Waals surface area contributed by atoms with Crippen LogP contribution >= 0.6 is 0 Å². The monoisotopic (exact) mass is 284 g/mol. The van der Waals surface area contributed by atoms with Crippen LogP contribution < -0.4 is 5.32 Å². The highest BCUT2D eigenvalue weighted by atomic mass is 19.1. The molecular formula is C16H26F2N2. The molecule has 0 atom stereocenters. The Balaban J connectivity index is 0. The maximum Gasteiger partial charge on any atom is 0.126 e. The number of nitrogens with one attached hydrogen (secondary N) is 1. The minimum absolute atomic E-state index is 0.343. The van der Waals surface area contributed by atoms with Gasteiger partial charge in [-0.1, -0.05) is 27.7 Å². The maximum absolute atomic E-state index is 12.3. The Kier molecular flexibility index (Phi) is 14.1. The van der Waals surface area contributed by atoms with Crippen LogP contribution in [-0.4, -0.2) is 12.8 Å². The van der Waals surface area contributed by atoms with Crippen molar-refractivity contribution in [2.75, 3.05) is 6.54 Å². The topological polar surface area (TPSA) is 24.4 Å². The molecule has 0 spiro atoms. The van der Waals surface area contributed by atoms with Crippen molar-refractivity contribution in [2.45, 2.75) is 41.5 Å². The molecule has 1 aromatic rings. The number of benzene rings is 1. The van der Waals surface area contributed by atoms with Crippen LogP contribution in [0.1, 0.15) is 40.2 Å². The Bertz CT molecular complexity index is 413. The lowest BCUT2D eigenvalue weighted by atomic mass is 10.2. The van der Waals surface area contributed by atoms with Gasteiger partial charge in [0.25, 0.3) is 0 Å². The van der Waals surface area contributed by atoms with Crippen molar-refractivity contribution in [1.82, 2.24) is 5.32 Å². The first-order valence-corrected chi connectivity index (χ1v) is 6.94.